The average molecular weight is 232 g/mol. The number of aliphatic hydroxyl groups is 1. The summed E-state index contributed by atoms with van der Waals surface area (Å²) in [4.78, 5) is 16.5. The predicted molar refractivity (Wildman–Crippen MR) is 62.1 cm³/mol. The molecule has 0 fully saturated rings. The Balaban J connectivity index is 2.44. The van der Waals surface area contributed by atoms with Crippen molar-refractivity contribution in [3.8, 4) is 5.75 Å². The van der Waals surface area contributed by atoms with E-state index in [9.17, 15) is 9.90 Å². The molecule has 0 bridgehead atoms. The molecule has 1 N–H and O–H groups in total. The molecule has 2 aromatic rings. The monoisotopic (exact) mass is 232 g/mol. The minimum Gasteiger partial charge on any atom is -0.494 e. The summed E-state index contributed by atoms with van der Waals surface area (Å²) in [6.07, 6.45) is -0.113. The summed E-state index contributed by atoms with van der Waals surface area (Å²) in [6, 6.07) is 5.25. The van der Waals surface area contributed by atoms with Crippen LogP contribution in [0.4, 0.5) is 0 Å². The first-order valence-corrected chi connectivity index (χ1v) is 5.48. The van der Waals surface area contributed by atoms with Gasteiger partial charge in [-0.2, -0.15) is 0 Å². The van der Waals surface area contributed by atoms with Gasteiger partial charge >= 0.3 is 0 Å². The van der Waals surface area contributed by atoms with Gasteiger partial charge in [-0.25, -0.2) is 4.98 Å². The number of benzene rings is 1. The molecule has 0 spiro atoms. The molecule has 1 aliphatic heterocycles. The Morgan fingerprint density at radius 2 is 2.35 bits per heavy atom. The zero-order valence-electron chi connectivity index (χ0n) is 9.38. The maximum Gasteiger partial charge on any atom is 0.261 e. The van der Waals surface area contributed by atoms with Crippen LogP contribution in [0, 0.1) is 0 Å². The molecule has 0 radical (unpaired) electrons. The molecular formula is C12H12N2O3. The molecule has 5 heteroatoms. The van der Waals surface area contributed by atoms with Gasteiger partial charge in [0.1, 0.15) is 23.2 Å². The fourth-order valence-electron chi connectivity index (χ4n) is 2.25. The number of rotatable bonds is 1. The van der Waals surface area contributed by atoms with Crippen LogP contribution in [-0.4, -0.2) is 21.8 Å². The highest BCUT2D eigenvalue weighted by Gasteiger charge is 2.24. The van der Waals surface area contributed by atoms with Gasteiger partial charge in [-0.05, 0) is 18.6 Å². The van der Waals surface area contributed by atoms with Crippen LogP contribution in [0.25, 0.3) is 10.9 Å². The molecule has 0 aliphatic carbocycles. The first kappa shape index (κ1) is 10.3. The van der Waals surface area contributed by atoms with Crippen LogP contribution >= 0.6 is 0 Å². The predicted octanol–water partition coefficient (Wildman–Crippen LogP) is 0.842. The van der Waals surface area contributed by atoms with Gasteiger partial charge in [-0.3, -0.25) is 9.36 Å². The standard InChI is InChI=1S/C12H12N2O3/c1-17-9-4-2-3-7-10(9)13-11-8(15)5-6-14(11)12(7)16/h2-4,8,15H,5-6H2,1H3/t8-/m1/s1. The molecule has 1 atom stereocenters. The zero-order chi connectivity index (χ0) is 12.0. The first-order chi connectivity index (χ1) is 8.22. The Hall–Kier alpha value is -1.88. The van der Waals surface area contributed by atoms with E-state index in [1.54, 1.807) is 18.2 Å². The highest BCUT2D eigenvalue weighted by atomic mass is 16.5. The second-order valence-electron chi connectivity index (χ2n) is 4.09. The molecule has 17 heavy (non-hydrogen) atoms. The van der Waals surface area contributed by atoms with Crippen molar-refractivity contribution in [1.82, 2.24) is 9.55 Å². The fraction of sp³-hybridized carbons (Fsp3) is 0.333. The molecule has 3 rings (SSSR count). The molecule has 0 amide bonds. The second kappa shape index (κ2) is 3.56. The molecule has 2 heterocycles. The molecule has 0 unspecified atom stereocenters. The Morgan fingerprint density at radius 1 is 1.53 bits per heavy atom. The van der Waals surface area contributed by atoms with E-state index >= 15 is 0 Å². The Labute approximate surface area is 97.3 Å². The summed E-state index contributed by atoms with van der Waals surface area (Å²) >= 11 is 0. The van der Waals surface area contributed by atoms with Gasteiger partial charge in [-0.1, -0.05) is 6.07 Å². The maximum absolute atomic E-state index is 12.2. The van der Waals surface area contributed by atoms with E-state index in [0.717, 1.165) is 0 Å². The van der Waals surface area contributed by atoms with Crippen LogP contribution in [0.15, 0.2) is 23.0 Å². The van der Waals surface area contributed by atoms with E-state index in [2.05, 4.69) is 4.98 Å². The van der Waals surface area contributed by atoms with E-state index in [1.807, 2.05) is 0 Å². The third kappa shape index (κ3) is 1.36. The summed E-state index contributed by atoms with van der Waals surface area (Å²) in [5, 5.41) is 10.3. The molecule has 1 aliphatic rings. The van der Waals surface area contributed by atoms with Gasteiger partial charge in [0.25, 0.3) is 5.56 Å². The number of aliphatic hydroxyl groups excluding tert-OH is 1. The highest BCUT2D eigenvalue weighted by Crippen LogP contribution is 2.27. The van der Waals surface area contributed by atoms with Gasteiger partial charge in [0.15, 0.2) is 0 Å². The SMILES string of the molecule is COc1cccc2c(=O)n3c(nc12)[C@H](O)CC3. The van der Waals surface area contributed by atoms with Crippen LogP contribution in [0.2, 0.25) is 0 Å². The lowest BCUT2D eigenvalue weighted by Crippen LogP contribution is -2.21. The Morgan fingerprint density at radius 3 is 3.12 bits per heavy atom. The van der Waals surface area contributed by atoms with Gasteiger partial charge < -0.3 is 9.84 Å². The number of hydrogen-bond acceptors (Lipinski definition) is 4. The third-order valence-electron chi connectivity index (χ3n) is 3.12. The van der Waals surface area contributed by atoms with Crippen molar-refractivity contribution in [2.24, 2.45) is 0 Å². The van der Waals surface area contributed by atoms with Gasteiger partial charge in [-0.15, -0.1) is 0 Å². The van der Waals surface area contributed by atoms with Gasteiger partial charge in [0.05, 0.1) is 12.5 Å². The summed E-state index contributed by atoms with van der Waals surface area (Å²) in [5.41, 5.74) is 0.410. The quantitative estimate of drug-likeness (QED) is 0.791. The van der Waals surface area contributed by atoms with Crippen molar-refractivity contribution in [2.45, 2.75) is 19.1 Å². The van der Waals surface area contributed by atoms with Crippen molar-refractivity contribution < 1.29 is 9.84 Å². The minimum absolute atomic E-state index is 0.111. The summed E-state index contributed by atoms with van der Waals surface area (Å²) < 4.78 is 6.72. The zero-order valence-corrected chi connectivity index (χ0v) is 9.38. The molecule has 0 saturated carbocycles. The smallest absolute Gasteiger partial charge is 0.261 e. The van der Waals surface area contributed by atoms with Crippen LogP contribution in [0.5, 0.6) is 5.75 Å². The van der Waals surface area contributed by atoms with Crippen molar-refractivity contribution in [3.63, 3.8) is 0 Å². The molecule has 1 aromatic heterocycles. The number of hydrogen-bond donors (Lipinski definition) is 1. The van der Waals surface area contributed by atoms with Crippen molar-refractivity contribution in [3.05, 3.63) is 34.4 Å². The summed E-state index contributed by atoms with van der Waals surface area (Å²) in [6.45, 7) is 0.523. The molecule has 0 saturated heterocycles. The number of aromatic nitrogens is 2. The van der Waals surface area contributed by atoms with Crippen molar-refractivity contribution in [1.29, 1.82) is 0 Å². The summed E-state index contributed by atoms with van der Waals surface area (Å²) in [5.74, 6) is 0.995. The molecular weight excluding hydrogens is 220 g/mol. The lowest BCUT2D eigenvalue weighted by Gasteiger charge is -2.09. The minimum atomic E-state index is -0.656. The number of fused-ring (bicyclic) bond motifs is 2. The number of para-hydroxylation sites is 1. The van der Waals surface area contributed by atoms with Crippen LogP contribution < -0.4 is 10.3 Å². The van der Waals surface area contributed by atoms with E-state index in [1.165, 1.54) is 11.7 Å². The number of ether oxygens (including phenoxy) is 1. The van der Waals surface area contributed by atoms with Gasteiger partial charge in [0, 0.05) is 6.54 Å². The number of nitrogens with zero attached hydrogens (tertiary/aromatic N) is 2. The Kier molecular flexibility index (Phi) is 2.16. The van der Waals surface area contributed by atoms with Crippen LogP contribution in [-0.2, 0) is 6.54 Å². The lowest BCUT2D eigenvalue weighted by molar-refractivity contribution is 0.175. The van der Waals surface area contributed by atoms with Crippen LogP contribution in [0.1, 0.15) is 18.3 Å². The third-order valence-corrected chi connectivity index (χ3v) is 3.12. The lowest BCUT2D eigenvalue weighted by atomic mass is 10.2. The van der Waals surface area contributed by atoms with Crippen LogP contribution in [0.3, 0.4) is 0 Å². The topological polar surface area (TPSA) is 64.4 Å². The maximum atomic E-state index is 12.2. The van der Waals surface area contributed by atoms with Gasteiger partial charge in [0.2, 0.25) is 0 Å². The van der Waals surface area contributed by atoms with Crippen molar-refractivity contribution in [2.75, 3.05) is 7.11 Å². The molecule has 1 aromatic carbocycles. The molecule has 5 nitrogen and oxygen atoms in total. The van der Waals surface area contributed by atoms with Crippen molar-refractivity contribution >= 4 is 10.9 Å². The Bertz CT molecular complexity index is 648. The largest absolute Gasteiger partial charge is 0.494 e. The first-order valence-electron chi connectivity index (χ1n) is 5.48. The second-order valence-corrected chi connectivity index (χ2v) is 4.09. The normalized spacial score (nSPS) is 18.4. The van der Waals surface area contributed by atoms with E-state index < -0.39 is 6.10 Å². The molecule has 88 valence electrons. The summed E-state index contributed by atoms with van der Waals surface area (Å²) in [7, 11) is 1.54. The number of methoxy groups -OCH3 is 1. The van der Waals surface area contributed by atoms with E-state index in [-0.39, 0.29) is 5.56 Å². The fourth-order valence-corrected chi connectivity index (χ4v) is 2.25. The highest BCUT2D eigenvalue weighted by molar-refractivity contribution is 5.83. The average Bonchev–Trinajstić information content (AvgIpc) is 2.71. The van der Waals surface area contributed by atoms with E-state index in [4.69, 9.17) is 4.74 Å². The van der Waals surface area contributed by atoms with E-state index in [0.29, 0.717) is 35.4 Å².